The minimum absolute atomic E-state index is 0.0875. The minimum atomic E-state index is -0.833. The number of Topliss-reactive ketones (excluding diaryl/α,β-unsaturated/α-hetero) is 1. The van der Waals surface area contributed by atoms with Crippen molar-refractivity contribution in [3.63, 3.8) is 0 Å². The molecule has 0 saturated heterocycles. The number of nitro groups is 1. The van der Waals surface area contributed by atoms with Crippen LogP contribution in [0.1, 0.15) is 74.7 Å². The lowest BCUT2D eigenvalue weighted by molar-refractivity contribution is -0.385. The van der Waals surface area contributed by atoms with Crippen LogP contribution in [0.3, 0.4) is 0 Å². The van der Waals surface area contributed by atoms with E-state index >= 15 is 0 Å². The van der Waals surface area contributed by atoms with Crippen LogP contribution in [0.15, 0.2) is 18.2 Å². The predicted molar refractivity (Wildman–Crippen MR) is 99.6 cm³/mol. The summed E-state index contributed by atoms with van der Waals surface area (Å²) in [6.45, 7) is 4.58. The number of carbonyl (C=O) groups is 2. The number of benzene rings is 1. The molecule has 0 spiro atoms. The number of ketones is 1. The van der Waals surface area contributed by atoms with Crippen molar-refractivity contribution < 1.29 is 19.6 Å². The van der Waals surface area contributed by atoms with Crippen molar-refractivity contribution in [1.82, 2.24) is 0 Å². The lowest BCUT2D eigenvalue weighted by atomic mass is 9.82. The number of nitrogens with zero attached hydrogens (tertiary/aromatic N) is 1. The van der Waals surface area contributed by atoms with Crippen molar-refractivity contribution in [3.8, 4) is 0 Å². The Balaban J connectivity index is 0.000000705. The van der Waals surface area contributed by atoms with Gasteiger partial charge in [-0.1, -0.05) is 47.3 Å². The van der Waals surface area contributed by atoms with Gasteiger partial charge in [0, 0.05) is 24.1 Å². The zero-order valence-corrected chi connectivity index (χ0v) is 16.3. The number of rotatable bonds is 4. The van der Waals surface area contributed by atoms with Gasteiger partial charge in [0.15, 0.2) is 5.78 Å². The number of hydrogen-bond acceptors (Lipinski definition) is 4. The quantitative estimate of drug-likeness (QED) is 0.320. The number of carbonyl (C=O) groups excluding carboxylic acids is 1. The zero-order valence-electron chi connectivity index (χ0n) is 14.8. The number of alkyl halides is 1. The third kappa shape index (κ3) is 6.57. The molecule has 0 aliphatic heterocycles. The second-order valence-electron chi connectivity index (χ2n) is 6.69. The van der Waals surface area contributed by atoms with Crippen LogP contribution >= 0.6 is 15.9 Å². The Bertz CT molecular complexity index is 641. The van der Waals surface area contributed by atoms with E-state index in [2.05, 4.69) is 15.9 Å². The van der Waals surface area contributed by atoms with Gasteiger partial charge in [-0.3, -0.25) is 19.7 Å². The van der Waals surface area contributed by atoms with E-state index in [-0.39, 0.29) is 22.3 Å². The summed E-state index contributed by atoms with van der Waals surface area (Å²) in [5.74, 6) is -0.721. The average Bonchev–Trinajstić information content (AvgIpc) is 2.53. The molecule has 0 bridgehead atoms. The summed E-state index contributed by atoms with van der Waals surface area (Å²) in [6.07, 6.45) is 5.45. The molecule has 0 amide bonds. The minimum Gasteiger partial charge on any atom is -0.481 e. The van der Waals surface area contributed by atoms with Gasteiger partial charge in [0.05, 0.1) is 9.25 Å². The fourth-order valence-corrected chi connectivity index (χ4v) is 3.17. The van der Waals surface area contributed by atoms with Gasteiger partial charge < -0.3 is 5.11 Å². The third-order valence-electron chi connectivity index (χ3n) is 4.07. The number of carboxylic acids is 1. The second kappa shape index (κ2) is 9.08. The van der Waals surface area contributed by atoms with Crippen LogP contribution in [0.2, 0.25) is 0 Å². The SMILES string of the molecule is CC(=O)O.CC(C)(Br)C(=O)c1ccc(C2CCCCC2)c([N+](=O)[O-])c1. The van der Waals surface area contributed by atoms with Crippen LogP contribution in [-0.4, -0.2) is 26.1 Å². The Hall–Kier alpha value is -1.76. The van der Waals surface area contributed by atoms with Crippen molar-refractivity contribution in [3.05, 3.63) is 39.4 Å². The molecule has 1 fully saturated rings. The Morgan fingerprint density at radius 3 is 2.20 bits per heavy atom. The summed E-state index contributed by atoms with van der Waals surface area (Å²) in [6, 6.07) is 4.94. The van der Waals surface area contributed by atoms with Crippen molar-refractivity contribution in [2.75, 3.05) is 0 Å². The molecule has 138 valence electrons. The van der Waals surface area contributed by atoms with Gasteiger partial charge in [-0.2, -0.15) is 0 Å². The van der Waals surface area contributed by atoms with Crippen LogP contribution in [0, 0.1) is 10.1 Å². The summed E-state index contributed by atoms with van der Waals surface area (Å²) < 4.78 is -0.715. The standard InChI is InChI=1S/C16H20BrNO3.C2H4O2/c1-16(2,17)15(19)12-8-9-13(14(10-12)18(20)21)11-6-4-3-5-7-11;1-2(3)4/h8-11H,3-7H2,1-2H3;1H3,(H,3,4). The van der Waals surface area contributed by atoms with Crippen LogP contribution in [0.25, 0.3) is 0 Å². The van der Waals surface area contributed by atoms with E-state index in [1.807, 2.05) is 0 Å². The number of nitro benzene ring substituents is 1. The summed E-state index contributed by atoms with van der Waals surface area (Å²) in [4.78, 5) is 32.3. The molecule has 6 nitrogen and oxygen atoms in total. The molecular formula is C18H24BrNO5. The van der Waals surface area contributed by atoms with E-state index in [0.29, 0.717) is 5.56 Å². The Morgan fingerprint density at radius 1 is 1.24 bits per heavy atom. The van der Waals surface area contributed by atoms with E-state index < -0.39 is 10.3 Å². The first-order valence-electron chi connectivity index (χ1n) is 8.25. The largest absolute Gasteiger partial charge is 0.481 e. The maximum Gasteiger partial charge on any atom is 0.300 e. The molecule has 1 aliphatic rings. The monoisotopic (exact) mass is 413 g/mol. The summed E-state index contributed by atoms with van der Waals surface area (Å²) in [7, 11) is 0. The van der Waals surface area contributed by atoms with E-state index in [0.717, 1.165) is 38.2 Å². The maximum absolute atomic E-state index is 12.3. The highest BCUT2D eigenvalue weighted by molar-refractivity contribution is 9.10. The van der Waals surface area contributed by atoms with Gasteiger partial charge in [-0.15, -0.1) is 0 Å². The lowest BCUT2D eigenvalue weighted by Crippen LogP contribution is -2.24. The summed E-state index contributed by atoms with van der Waals surface area (Å²) in [5, 5.41) is 18.8. The van der Waals surface area contributed by atoms with E-state index in [1.54, 1.807) is 26.0 Å². The van der Waals surface area contributed by atoms with Gasteiger partial charge in [0.1, 0.15) is 0 Å². The number of hydrogen-bond donors (Lipinski definition) is 1. The fraction of sp³-hybridized carbons (Fsp3) is 0.556. The van der Waals surface area contributed by atoms with Crippen LogP contribution in [-0.2, 0) is 4.79 Å². The van der Waals surface area contributed by atoms with Gasteiger partial charge in [0.25, 0.3) is 11.7 Å². The topological polar surface area (TPSA) is 97.5 Å². The molecule has 0 heterocycles. The smallest absolute Gasteiger partial charge is 0.300 e. The molecule has 2 rings (SSSR count). The van der Waals surface area contributed by atoms with Crippen molar-refractivity contribution in [2.24, 2.45) is 0 Å². The molecule has 7 heteroatoms. The van der Waals surface area contributed by atoms with E-state index in [1.165, 1.54) is 12.5 Å². The highest BCUT2D eigenvalue weighted by Crippen LogP contribution is 2.38. The summed E-state index contributed by atoms with van der Waals surface area (Å²) in [5.41, 5.74) is 1.26. The Kier molecular flexibility index (Phi) is 7.73. The molecular weight excluding hydrogens is 390 g/mol. The van der Waals surface area contributed by atoms with E-state index in [9.17, 15) is 14.9 Å². The fourth-order valence-electron chi connectivity index (χ4n) is 2.95. The molecule has 1 N–H and O–H groups in total. The van der Waals surface area contributed by atoms with Crippen LogP contribution in [0.4, 0.5) is 5.69 Å². The molecule has 0 radical (unpaired) electrons. The number of carboxylic acid groups (broad SMARTS) is 1. The predicted octanol–water partition coefficient (Wildman–Crippen LogP) is 5.09. The van der Waals surface area contributed by atoms with Gasteiger partial charge >= 0.3 is 0 Å². The van der Waals surface area contributed by atoms with Gasteiger partial charge in [-0.05, 0) is 32.6 Å². The van der Waals surface area contributed by atoms with Crippen LogP contribution < -0.4 is 0 Å². The normalized spacial score (nSPS) is 15.0. The molecule has 1 saturated carbocycles. The Labute approximate surface area is 155 Å². The van der Waals surface area contributed by atoms with Crippen molar-refractivity contribution >= 4 is 33.4 Å². The zero-order chi connectivity index (χ0) is 19.2. The average molecular weight is 414 g/mol. The molecule has 0 unspecified atom stereocenters. The van der Waals surface area contributed by atoms with E-state index in [4.69, 9.17) is 9.90 Å². The first-order valence-corrected chi connectivity index (χ1v) is 9.05. The highest BCUT2D eigenvalue weighted by atomic mass is 79.9. The first-order chi connectivity index (χ1) is 11.5. The van der Waals surface area contributed by atoms with Crippen molar-refractivity contribution in [2.45, 2.75) is 63.1 Å². The molecule has 25 heavy (non-hydrogen) atoms. The molecule has 1 aliphatic carbocycles. The third-order valence-corrected chi connectivity index (χ3v) is 4.43. The lowest BCUT2D eigenvalue weighted by Gasteiger charge is -2.22. The molecule has 1 aromatic rings. The Morgan fingerprint density at radius 2 is 1.76 bits per heavy atom. The molecule has 0 aromatic heterocycles. The first kappa shape index (κ1) is 21.3. The summed E-state index contributed by atoms with van der Waals surface area (Å²) >= 11 is 3.32. The highest BCUT2D eigenvalue weighted by Gasteiger charge is 2.29. The van der Waals surface area contributed by atoms with Gasteiger partial charge in [0.2, 0.25) is 0 Å². The van der Waals surface area contributed by atoms with Crippen LogP contribution in [0.5, 0.6) is 0 Å². The second-order valence-corrected chi connectivity index (χ2v) is 8.67. The number of aliphatic carboxylic acids is 1. The maximum atomic E-state index is 12.3. The van der Waals surface area contributed by atoms with Gasteiger partial charge in [-0.25, -0.2) is 0 Å². The molecule has 0 atom stereocenters. The van der Waals surface area contributed by atoms with Crippen molar-refractivity contribution in [1.29, 1.82) is 0 Å². The molecule has 1 aromatic carbocycles. The number of halogens is 1.